The Hall–Kier alpha value is -0.600. The quantitative estimate of drug-likeness (QED) is 0.664. The van der Waals surface area contributed by atoms with E-state index in [0.717, 1.165) is 19.3 Å². The molecular formula is C10H17NO. The summed E-state index contributed by atoms with van der Waals surface area (Å²) in [5.74, 6) is 0. The van der Waals surface area contributed by atoms with Crippen LogP contribution < -0.4 is 5.73 Å². The van der Waals surface area contributed by atoms with Crippen LogP contribution in [0.25, 0.3) is 0 Å². The van der Waals surface area contributed by atoms with Crippen LogP contribution in [0.15, 0.2) is 23.8 Å². The van der Waals surface area contributed by atoms with Crippen molar-refractivity contribution in [2.45, 2.75) is 31.8 Å². The molecule has 0 aliphatic heterocycles. The zero-order chi connectivity index (χ0) is 8.81. The first kappa shape index (κ1) is 9.49. The highest BCUT2D eigenvalue weighted by atomic mass is 16.3. The first-order chi connectivity index (χ1) is 5.83. The Balaban J connectivity index is 2.29. The summed E-state index contributed by atoms with van der Waals surface area (Å²) in [6, 6.07) is 0. The average molecular weight is 167 g/mol. The van der Waals surface area contributed by atoms with Crippen LogP contribution in [0.2, 0.25) is 0 Å². The standard InChI is InChI=1S/C10H17NO/c11-7-6-10(12)8-9-4-2-1-3-5-9/h2,4-5,10,12H,1,3,6-8,11H2. The topological polar surface area (TPSA) is 46.2 Å². The van der Waals surface area contributed by atoms with Crippen molar-refractivity contribution < 1.29 is 5.11 Å². The Bertz CT molecular complexity index is 184. The molecule has 0 saturated heterocycles. The van der Waals surface area contributed by atoms with Gasteiger partial charge in [-0.1, -0.05) is 18.2 Å². The fraction of sp³-hybridized carbons (Fsp3) is 0.600. The van der Waals surface area contributed by atoms with Crippen molar-refractivity contribution in [2.24, 2.45) is 5.73 Å². The monoisotopic (exact) mass is 167 g/mol. The molecule has 0 aromatic carbocycles. The van der Waals surface area contributed by atoms with Crippen molar-refractivity contribution in [3.8, 4) is 0 Å². The number of aliphatic hydroxyl groups excluding tert-OH is 1. The van der Waals surface area contributed by atoms with Crippen LogP contribution >= 0.6 is 0 Å². The minimum absolute atomic E-state index is 0.260. The van der Waals surface area contributed by atoms with Crippen LogP contribution in [0, 0.1) is 0 Å². The number of hydrogen-bond acceptors (Lipinski definition) is 2. The summed E-state index contributed by atoms with van der Waals surface area (Å²) >= 11 is 0. The summed E-state index contributed by atoms with van der Waals surface area (Å²) in [5, 5.41) is 9.45. The van der Waals surface area contributed by atoms with Crippen molar-refractivity contribution in [2.75, 3.05) is 6.54 Å². The summed E-state index contributed by atoms with van der Waals surface area (Å²) in [7, 11) is 0. The van der Waals surface area contributed by atoms with Gasteiger partial charge in [-0.3, -0.25) is 0 Å². The van der Waals surface area contributed by atoms with E-state index in [1.54, 1.807) is 0 Å². The highest BCUT2D eigenvalue weighted by Gasteiger charge is 2.05. The molecule has 1 aliphatic rings. The van der Waals surface area contributed by atoms with Gasteiger partial charge < -0.3 is 10.8 Å². The first-order valence-electron chi connectivity index (χ1n) is 4.56. The zero-order valence-corrected chi connectivity index (χ0v) is 7.37. The number of nitrogens with two attached hydrogens (primary N) is 1. The van der Waals surface area contributed by atoms with E-state index in [4.69, 9.17) is 5.73 Å². The van der Waals surface area contributed by atoms with Gasteiger partial charge in [0.05, 0.1) is 6.10 Å². The number of allylic oxidation sites excluding steroid dienone is 3. The van der Waals surface area contributed by atoms with Crippen LogP contribution in [-0.2, 0) is 0 Å². The minimum Gasteiger partial charge on any atom is -0.393 e. The van der Waals surface area contributed by atoms with Gasteiger partial charge >= 0.3 is 0 Å². The van der Waals surface area contributed by atoms with Gasteiger partial charge in [-0.2, -0.15) is 0 Å². The molecule has 1 rings (SSSR count). The van der Waals surface area contributed by atoms with Gasteiger partial charge in [-0.25, -0.2) is 0 Å². The number of rotatable bonds is 4. The molecule has 0 heterocycles. The lowest BCUT2D eigenvalue weighted by molar-refractivity contribution is 0.168. The van der Waals surface area contributed by atoms with E-state index in [-0.39, 0.29) is 6.10 Å². The third-order valence-corrected chi connectivity index (χ3v) is 2.04. The summed E-state index contributed by atoms with van der Waals surface area (Å²) < 4.78 is 0. The molecule has 0 fully saturated rings. The third kappa shape index (κ3) is 3.20. The Morgan fingerprint density at radius 1 is 1.50 bits per heavy atom. The van der Waals surface area contributed by atoms with Crippen LogP contribution in [0.5, 0.6) is 0 Å². The summed E-state index contributed by atoms with van der Waals surface area (Å²) in [4.78, 5) is 0. The Morgan fingerprint density at radius 2 is 2.33 bits per heavy atom. The number of hydrogen-bond donors (Lipinski definition) is 2. The van der Waals surface area contributed by atoms with E-state index in [2.05, 4.69) is 18.2 Å². The van der Waals surface area contributed by atoms with Gasteiger partial charge in [-0.15, -0.1) is 0 Å². The minimum atomic E-state index is -0.260. The second kappa shape index (κ2) is 5.12. The van der Waals surface area contributed by atoms with E-state index in [1.165, 1.54) is 5.57 Å². The van der Waals surface area contributed by atoms with Gasteiger partial charge in [0.1, 0.15) is 0 Å². The van der Waals surface area contributed by atoms with Crippen LogP contribution in [0.4, 0.5) is 0 Å². The Labute approximate surface area is 73.8 Å². The van der Waals surface area contributed by atoms with Gasteiger partial charge in [0, 0.05) is 0 Å². The van der Waals surface area contributed by atoms with Gasteiger partial charge in [-0.05, 0) is 37.8 Å². The molecule has 0 aromatic rings. The fourth-order valence-corrected chi connectivity index (χ4v) is 1.39. The molecular weight excluding hydrogens is 150 g/mol. The highest BCUT2D eigenvalue weighted by molar-refractivity contribution is 5.22. The lowest BCUT2D eigenvalue weighted by Crippen LogP contribution is -2.13. The molecule has 0 radical (unpaired) electrons. The zero-order valence-electron chi connectivity index (χ0n) is 7.37. The molecule has 0 saturated carbocycles. The lowest BCUT2D eigenvalue weighted by Gasteiger charge is -2.11. The normalized spacial score (nSPS) is 19.0. The first-order valence-corrected chi connectivity index (χ1v) is 4.56. The highest BCUT2D eigenvalue weighted by Crippen LogP contribution is 2.15. The molecule has 1 unspecified atom stereocenters. The Morgan fingerprint density at radius 3 is 2.92 bits per heavy atom. The van der Waals surface area contributed by atoms with E-state index in [0.29, 0.717) is 13.0 Å². The molecule has 2 nitrogen and oxygen atoms in total. The number of aliphatic hydroxyl groups is 1. The van der Waals surface area contributed by atoms with Crippen LogP contribution in [0.3, 0.4) is 0 Å². The maximum atomic E-state index is 9.45. The molecule has 12 heavy (non-hydrogen) atoms. The molecule has 0 bridgehead atoms. The summed E-state index contributed by atoms with van der Waals surface area (Å²) in [6.45, 7) is 0.568. The predicted molar refractivity (Wildman–Crippen MR) is 50.8 cm³/mol. The van der Waals surface area contributed by atoms with Crippen molar-refractivity contribution in [3.63, 3.8) is 0 Å². The fourth-order valence-electron chi connectivity index (χ4n) is 1.39. The molecule has 1 aliphatic carbocycles. The molecule has 1 atom stereocenters. The average Bonchev–Trinajstić information content (AvgIpc) is 2.06. The van der Waals surface area contributed by atoms with Crippen molar-refractivity contribution >= 4 is 0 Å². The predicted octanol–water partition coefficient (Wildman–Crippen LogP) is 1.36. The summed E-state index contributed by atoms with van der Waals surface area (Å²) in [6.07, 6.45) is 9.90. The van der Waals surface area contributed by atoms with E-state index in [1.807, 2.05) is 0 Å². The van der Waals surface area contributed by atoms with E-state index >= 15 is 0 Å². The largest absolute Gasteiger partial charge is 0.393 e. The second-order valence-electron chi connectivity index (χ2n) is 3.19. The molecule has 0 aromatic heterocycles. The third-order valence-electron chi connectivity index (χ3n) is 2.04. The maximum Gasteiger partial charge on any atom is 0.0592 e. The van der Waals surface area contributed by atoms with Gasteiger partial charge in [0.25, 0.3) is 0 Å². The maximum absolute atomic E-state index is 9.45. The molecule has 2 heteroatoms. The smallest absolute Gasteiger partial charge is 0.0592 e. The van der Waals surface area contributed by atoms with Crippen molar-refractivity contribution in [3.05, 3.63) is 23.8 Å². The van der Waals surface area contributed by atoms with Crippen molar-refractivity contribution in [1.29, 1.82) is 0 Å². The van der Waals surface area contributed by atoms with Crippen LogP contribution in [-0.4, -0.2) is 17.8 Å². The van der Waals surface area contributed by atoms with E-state index < -0.39 is 0 Å². The molecule has 3 N–H and O–H groups in total. The molecule has 68 valence electrons. The van der Waals surface area contributed by atoms with Gasteiger partial charge in [0.2, 0.25) is 0 Å². The molecule has 0 spiro atoms. The van der Waals surface area contributed by atoms with Crippen molar-refractivity contribution in [1.82, 2.24) is 0 Å². The molecule has 0 amide bonds. The van der Waals surface area contributed by atoms with E-state index in [9.17, 15) is 5.11 Å². The van der Waals surface area contributed by atoms with Crippen LogP contribution in [0.1, 0.15) is 25.7 Å². The SMILES string of the molecule is NCCC(O)CC1=CCCC=C1. The van der Waals surface area contributed by atoms with Gasteiger partial charge in [0.15, 0.2) is 0 Å². The second-order valence-corrected chi connectivity index (χ2v) is 3.19. The Kier molecular flexibility index (Phi) is 4.05. The lowest BCUT2D eigenvalue weighted by atomic mass is 10.0. The summed E-state index contributed by atoms with van der Waals surface area (Å²) in [5.41, 5.74) is 6.59.